The molecule has 0 radical (unpaired) electrons. The molecule has 3 nitrogen and oxygen atoms in total. The molecule has 0 aromatic heterocycles. The first-order valence-electron chi connectivity index (χ1n) is 10.3. The lowest BCUT2D eigenvalue weighted by Crippen LogP contribution is -3.12. The zero-order valence-corrected chi connectivity index (χ0v) is 16.4. The van der Waals surface area contributed by atoms with E-state index in [0.717, 1.165) is 25.1 Å². The van der Waals surface area contributed by atoms with Crippen molar-refractivity contribution in [3.63, 3.8) is 0 Å². The van der Waals surface area contributed by atoms with E-state index in [4.69, 9.17) is 9.47 Å². The largest absolute Gasteiger partial charge is 0.487 e. The summed E-state index contributed by atoms with van der Waals surface area (Å²) in [4.78, 5) is 1.64. The van der Waals surface area contributed by atoms with E-state index in [2.05, 4.69) is 50.8 Å². The van der Waals surface area contributed by atoms with Crippen molar-refractivity contribution in [2.24, 2.45) is 5.92 Å². The van der Waals surface area contributed by atoms with Gasteiger partial charge in [-0.2, -0.15) is 0 Å². The minimum absolute atomic E-state index is 0.0744. The van der Waals surface area contributed by atoms with Crippen LogP contribution in [0, 0.1) is 17.8 Å². The molecule has 0 amide bonds. The molecular weight excluding hydrogens is 322 g/mol. The zero-order valence-electron chi connectivity index (χ0n) is 16.4. The van der Waals surface area contributed by atoms with Gasteiger partial charge in [0.25, 0.3) is 0 Å². The van der Waals surface area contributed by atoms with Gasteiger partial charge in [-0.25, -0.2) is 0 Å². The maximum Gasteiger partial charge on any atom is 0.139 e. The number of nitrogens with one attached hydrogen (secondary N) is 1. The Kier molecular flexibility index (Phi) is 4.75. The number of ether oxygens (including phenoxy) is 2. The first-order valence-corrected chi connectivity index (χ1v) is 10.3. The molecule has 2 saturated heterocycles. The molecule has 26 heavy (non-hydrogen) atoms. The molecule has 0 bridgehead atoms. The highest BCUT2D eigenvalue weighted by Crippen LogP contribution is 2.52. The molecule has 3 heterocycles. The molecular formula is C23H32NO2+. The van der Waals surface area contributed by atoms with Crippen molar-refractivity contribution in [3.05, 3.63) is 29.8 Å². The van der Waals surface area contributed by atoms with Crippen LogP contribution in [-0.2, 0) is 4.74 Å². The molecule has 1 N–H and O–H groups in total. The van der Waals surface area contributed by atoms with Crippen LogP contribution in [0.4, 0.5) is 0 Å². The number of hydrogen-bond acceptors (Lipinski definition) is 2. The van der Waals surface area contributed by atoms with Gasteiger partial charge in [0.2, 0.25) is 0 Å². The monoisotopic (exact) mass is 354 g/mol. The Balaban J connectivity index is 1.52. The summed E-state index contributed by atoms with van der Waals surface area (Å²) >= 11 is 0. The van der Waals surface area contributed by atoms with E-state index in [9.17, 15) is 0 Å². The van der Waals surface area contributed by atoms with Gasteiger partial charge in [0, 0.05) is 11.5 Å². The van der Waals surface area contributed by atoms with E-state index in [1.807, 2.05) is 6.07 Å². The van der Waals surface area contributed by atoms with Gasteiger partial charge >= 0.3 is 0 Å². The van der Waals surface area contributed by atoms with Crippen molar-refractivity contribution in [2.45, 2.75) is 70.2 Å². The highest BCUT2D eigenvalue weighted by atomic mass is 16.5. The fourth-order valence-corrected chi connectivity index (χ4v) is 4.84. The standard InChI is InChI=1S/C23H31NO2/c1-22(2)19-12-14-23(3,13-9-17-24-15-7-4-8-16-24)26-21(19)18-10-5-6-11-20(18)25-22/h5-6,10-11,19,21H,4,7-8,12,14-17H2,1-3H3/p+1/t19-,21+,23-/m1/s1. The summed E-state index contributed by atoms with van der Waals surface area (Å²) in [6, 6.07) is 8.34. The summed E-state index contributed by atoms with van der Waals surface area (Å²) in [6.07, 6.45) is 6.23. The Morgan fingerprint density at radius 2 is 1.88 bits per heavy atom. The quantitative estimate of drug-likeness (QED) is 0.783. The van der Waals surface area contributed by atoms with Crippen molar-refractivity contribution in [1.82, 2.24) is 0 Å². The number of quaternary nitrogens is 1. The van der Waals surface area contributed by atoms with Crippen molar-refractivity contribution in [3.8, 4) is 17.6 Å². The van der Waals surface area contributed by atoms with Gasteiger partial charge in [-0.15, -0.1) is 0 Å². The Hall–Kier alpha value is -1.50. The highest BCUT2D eigenvalue weighted by molar-refractivity contribution is 5.39. The molecule has 0 spiro atoms. The van der Waals surface area contributed by atoms with E-state index in [0.29, 0.717) is 5.92 Å². The number of piperidine rings is 1. The van der Waals surface area contributed by atoms with Gasteiger partial charge in [-0.05, 0) is 64.9 Å². The van der Waals surface area contributed by atoms with Crippen LogP contribution in [0.15, 0.2) is 24.3 Å². The van der Waals surface area contributed by atoms with Gasteiger partial charge in [-0.1, -0.05) is 24.1 Å². The SMILES string of the molecule is CC1(C)Oc2ccccc2[C@@H]2O[C@](C)(C#CC[NH+]3CCCCC3)CC[C@H]21. The number of likely N-dealkylation sites (tertiary alicyclic amines) is 1. The van der Waals surface area contributed by atoms with Crippen LogP contribution < -0.4 is 9.64 Å². The zero-order chi connectivity index (χ0) is 18.2. The Bertz CT molecular complexity index is 710. The summed E-state index contributed by atoms with van der Waals surface area (Å²) in [5, 5.41) is 0. The summed E-state index contributed by atoms with van der Waals surface area (Å²) < 4.78 is 13.0. The van der Waals surface area contributed by atoms with E-state index in [-0.39, 0.29) is 17.3 Å². The average Bonchev–Trinajstić information content (AvgIpc) is 2.62. The van der Waals surface area contributed by atoms with Crippen LogP contribution in [0.5, 0.6) is 5.75 Å². The van der Waals surface area contributed by atoms with Crippen molar-refractivity contribution < 1.29 is 14.4 Å². The van der Waals surface area contributed by atoms with Crippen LogP contribution in [0.25, 0.3) is 0 Å². The number of fused-ring (bicyclic) bond motifs is 3. The molecule has 3 aliphatic rings. The number of benzene rings is 1. The van der Waals surface area contributed by atoms with Crippen LogP contribution in [0.3, 0.4) is 0 Å². The number of hydrogen-bond donors (Lipinski definition) is 1. The maximum absolute atomic E-state index is 6.67. The van der Waals surface area contributed by atoms with Gasteiger partial charge in [0.15, 0.2) is 0 Å². The summed E-state index contributed by atoms with van der Waals surface area (Å²) in [7, 11) is 0. The van der Waals surface area contributed by atoms with Crippen LogP contribution in [0.2, 0.25) is 0 Å². The van der Waals surface area contributed by atoms with E-state index in [1.54, 1.807) is 4.90 Å². The maximum atomic E-state index is 6.67. The van der Waals surface area contributed by atoms with E-state index >= 15 is 0 Å². The molecule has 3 heteroatoms. The third-order valence-corrected chi connectivity index (χ3v) is 6.43. The molecule has 0 aliphatic carbocycles. The smallest absolute Gasteiger partial charge is 0.139 e. The third kappa shape index (κ3) is 3.50. The number of rotatable bonds is 1. The predicted octanol–water partition coefficient (Wildman–Crippen LogP) is 3.16. The molecule has 2 fully saturated rings. The minimum Gasteiger partial charge on any atom is -0.487 e. The molecule has 1 aromatic carbocycles. The van der Waals surface area contributed by atoms with Crippen LogP contribution in [-0.4, -0.2) is 30.8 Å². The predicted molar refractivity (Wildman–Crippen MR) is 103 cm³/mol. The minimum atomic E-state index is -0.350. The normalized spacial score (nSPS) is 33.2. The first-order chi connectivity index (χ1) is 12.5. The van der Waals surface area contributed by atoms with Crippen LogP contribution in [0.1, 0.15) is 64.5 Å². The lowest BCUT2D eigenvalue weighted by atomic mass is 9.73. The van der Waals surface area contributed by atoms with Crippen molar-refractivity contribution >= 4 is 0 Å². The lowest BCUT2D eigenvalue weighted by Gasteiger charge is -2.50. The average molecular weight is 355 g/mol. The number of para-hydroxylation sites is 1. The summed E-state index contributed by atoms with van der Waals surface area (Å²) in [5.41, 5.74) is 0.633. The lowest BCUT2D eigenvalue weighted by molar-refractivity contribution is -0.897. The fourth-order valence-electron chi connectivity index (χ4n) is 4.84. The molecule has 1 aromatic rings. The first kappa shape index (κ1) is 17.9. The second-order valence-electron chi connectivity index (χ2n) is 8.95. The van der Waals surface area contributed by atoms with Crippen molar-refractivity contribution in [2.75, 3.05) is 19.6 Å². The third-order valence-electron chi connectivity index (χ3n) is 6.43. The highest BCUT2D eigenvalue weighted by Gasteiger charge is 2.49. The molecule has 3 atom stereocenters. The second kappa shape index (κ2) is 6.91. The van der Waals surface area contributed by atoms with Gasteiger partial charge < -0.3 is 14.4 Å². The topological polar surface area (TPSA) is 22.9 Å². The van der Waals surface area contributed by atoms with Crippen LogP contribution >= 0.6 is 0 Å². The molecule has 0 unspecified atom stereocenters. The summed E-state index contributed by atoms with van der Waals surface area (Å²) in [6.45, 7) is 10.1. The molecule has 3 aliphatic heterocycles. The Morgan fingerprint density at radius 1 is 1.12 bits per heavy atom. The molecule has 140 valence electrons. The Morgan fingerprint density at radius 3 is 2.69 bits per heavy atom. The fraction of sp³-hybridized carbons (Fsp3) is 0.652. The Labute approximate surface area is 158 Å². The van der Waals surface area contributed by atoms with Gasteiger partial charge in [0.05, 0.1) is 19.2 Å². The van der Waals surface area contributed by atoms with Gasteiger partial charge in [0.1, 0.15) is 23.5 Å². The second-order valence-corrected chi connectivity index (χ2v) is 8.95. The van der Waals surface area contributed by atoms with Gasteiger partial charge in [-0.3, -0.25) is 0 Å². The molecule has 0 saturated carbocycles. The molecule has 4 rings (SSSR count). The van der Waals surface area contributed by atoms with Crippen molar-refractivity contribution in [1.29, 1.82) is 0 Å². The van der Waals surface area contributed by atoms with E-state index in [1.165, 1.54) is 37.9 Å². The van der Waals surface area contributed by atoms with E-state index < -0.39 is 0 Å². The summed E-state index contributed by atoms with van der Waals surface area (Å²) in [5.74, 6) is 8.31.